The summed E-state index contributed by atoms with van der Waals surface area (Å²) in [5.41, 5.74) is 0.943. The topological polar surface area (TPSA) is 84.2 Å². The lowest BCUT2D eigenvalue weighted by atomic mass is 10.3. The van der Waals surface area contributed by atoms with E-state index in [-0.39, 0.29) is 24.8 Å². The fourth-order valence-electron chi connectivity index (χ4n) is 2.62. The van der Waals surface area contributed by atoms with E-state index in [4.69, 9.17) is 4.42 Å². The molecule has 142 valence electrons. The predicted molar refractivity (Wildman–Crippen MR) is 110 cm³/mol. The number of rotatable bonds is 7. The molecule has 6 nitrogen and oxygen atoms in total. The van der Waals surface area contributed by atoms with Gasteiger partial charge < -0.3 is 15.1 Å². The predicted octanol–water partition coefficient (Wildman–Crippen LogP) is 4.05. The summed E-state index contributed by atoms with van der Waals surface area (Å²) in [5, 5.41) is 8.19. The molecule has 0 aliphatic heterocycles. The summed E-state index contributed by atoms with van der Waals surface area (Å²) in [6.45, 7) is 0.584. The van der Waals surface area contributed by atoms with Crippen LogP contribution in [0.4, 0.5) is 0 Å². The van der Waals surface area contributed by atoms with Crippen LogP contribution >= 0.6 is 22.7 Å². The van der Waals surface area contributed by atoms with Gasteiger partial charge >= 0.3 is 0 Å². The molecule has 0 aliphatic rings. The van der Waals surface area contributed by atoms with E-state index in [1.54, 1.807) is 17.4 Å². The molecule has 8 heteroatoms. The van der Waals surface area contributed by atoms with Crippen molar-refractivity contribution in [3.05, 3.63) is 64.5 Å². The Hall–Kier alpha value is -2.97. The largest absolute Gasteiger partial charge is 0.457 e. The first kappa shape index (κ1) is 18.4. The summed E-state index contributed by atoms with van der Waals surface area (Å²) >= 11 is 2.94. The third-order valence-corrected chi connectivity index (χ3v) is 5.93. The summed E-state index contributed by atoms with van der Waals surface area (Å²) in [6, 6.07) is 15.2. The zero-order chi connectivity index (χ0) is 19.3. The van der Waals surface area contributed by atoms with Crippen LogP contribution in [0.15, 0.2) is 58.3 Å². The molecule has 0 fully saturated rings. The normalized spacial score (nSPS) is 10.9. The zero-order valence-corrected chi connectivity index (χ0v) is 16.4. The second-order valence-electron chi connectivity index (χ2n) is 6.01. The summed E-state index contributed by atoms with van der Waals surface area (Å²) in [6.07, 6.45) is 0.211. The van der Waals surface area contributed by atoms with Gasteiger partial charge in [-0.15, -0.1) is 22.7 Å². The number of thiazole rings is 1. The Morgan fingerprint density at radius 3 is 2.75 bits per heavy atom. The number of carbonyl (C=O) groups excluding carboxylic acids is 2. The lowest BCUT2D eigenvalue weighted by Gasteiger charge is -2.05. The van der Waals surface area contributed by atoms with Crippen molar-refractivity contribution >= 4 is 44.7 Å². The van der Waals surface area contributed by atoms with Gasteiger partial charge in [0.15, 0.2) is 10.8 Å². The van der Waals surface area contributed by atoms with Crippen molar-refractivity contribution in [3.8, 4) is 10.8 Å². The summed E-state index contributed by atoms with van der Waals surface area (Å²) in [5.74, 6) is 1.04. The zero-order valence-electron chi connectivity index (χ0n) is 14.8. The maximum atomic E-state index is 12.0. The number of benzene rings is 1. The molecule has 4 aromatic rings. The summed E-state index contributed by atoms with van der Waals surface area (Å²) in [4.78, 5) is 29.0. The van der Waals surface area contributed by atoms with Gasteiger partial charge in [-0.05, 0) is 35.7 Å². The lowest BCUT2D eigenvalue weighted by molar-refractivity contribution is -0.121. The van der Waals surface area contributed by atoms with E-state index in [2.05, 4.69) is 15.6 Å². The highest BCUT2D eigenvalue weighted by Crippen LogP contribution is 2.31. The van der Waals surface area contributed by atoms with Crippen molar-refractivity contribution in [3.63, 3.8) is 0 Å². The Labute approximate surface area is 169 Å². The van der Waals surface area contributed by atoms with Crippen LogP contribution in [0.25, 0.3) is 21.0 Å². The maximum Gasteiger partial charge on any atom is 0.261 e. The van der Waals surface area contributed by atoms with Crippen LogP contribution in [0.3, 0.4) is 0 Å². The van der Waals surface area contributed by atoms with Crippen LogP contribution in [-0.2, 0) is 11.3 Å². The van der Waals surface area contributed by atoms with Gasteiger partial charge in [-0.2, -0.15) is 0 Å². The van der Waals surface area contributed by atoms with E-state index >= 15 is 0 Å². The van der Waals surface area contributed by atoms with Crippen molar-refractivity contribution in [1.82, 2.24) is 15.6 Å². The van der Waals surface area contributed by atoms with E-state index in [1.165, 1.54) is 11.3 Å². The van der Waals surface area contributed by atoms with Crippen LogP contribution in [0.5, 0.6) is 0 Å². The maximum absolute atomic E-state index is 12.0. The van der Waals surface area contributed by atoms with Gasteiger partial charge in [0, 0.05) is 13.0 Å². The Morgan fingerprint density at radius 1 is 1.04 bits per heavy atom. The van der Waals surface area contributed by atoms with Crippen LogP contribution < -0.4 is 10.6 Å². The molecular formula is C20H17N3O3S2. The molecule has 3 heterocycles. The molecule has 0 saturated heterocycles. The number of hydrogen-bond acceptors (Lipinski definition) is 6. The molecular weight excluding hydrogens is 394 g/mol. The minimum atomic E-state index is -0.158. The van der Waals surface area contributed by atoms with Gasteiger partial charge in [-0.25, -0.2) is 4.98 Å². The van der Waals surface area contributed by atoms with Gasteiger partial charge in [0.25, 0.3) is 5.91 Å². The molecule has 2 N–H and O–H groups in total. The van der Waals surface area contributed by atoms with E-state index in [1.807, 2.05) is 47.8 Å². The van der Waals surface area contributed by atoms with Crippen molar-refractivity contribution in [2.24, 2.45) is 0 Å². The molecule has 4 rings (SSSR count). The number of amides is 2. The first-order valence-corrected chi connectivity index (χ1v) is 10.4. The number of thiophene rings is 1. The monoisotopic (exact) mass is 411 g/mol. The number of fused-ring (bicyclic) bond motifs is 1. The fraction of sp³-hybridized carbons (Fsp3) is 0.150. The SMILES string of the molecule is O=C(CCNC(=O)c1cccs1)NCc1ccc(-c2nc3ccccc3s2)o1. The Balaban J connectivity index is 1.26. The highest BCUT2D eigenvalue weighted by Gasteiger charge is 2.11. The van der Waals surface area contributed by atoms with Gasteiger partial charge in [-0.3, -0.25) is 9.59 Å². The minimum absolute atomic E-state index is 0.149. The quantitative estimate of drug-likeness (QED) is 0.480. The molecule has 28 heavy (non-hydrogen) atoms. The number of carbonyl (C=O) groups is 2. The van der Waals surface area contributed by atoms with Crippen molar-refractivity contribution in [1.29, 1.82) is 0 Å². The molecule has 2 amide bonds. The summed E-state index contributed by atoms with van der Waals surface area (Å²) in [7, 11) is 0. The van der Waals surface area contributed by atoms with E-state index in [9.17, 15) is 9.59 Å². The minimum Gasteiger partial charge on any atom is -0.457 e. The molecule has 3 aromatic heterocycles. The summed E-state index contributed by atoms with van der Waals surface area (Å²) < 4.78 is 6.91. The highest BCUT2D eigenvalue weighted by atomic mass is 32.1. The number of nitrogens with zero attached hydrogens (tertiary/aromatic N) is 1. The first-order chi connectivity index (χ1) is 13.7. The smallest absolute Gasteiger partial charge is 0.261 e. The standard InChI is InChI=1S/C20H17N3O3S2/c24-18(9-10-21-19(25)17-6-3-11-27-17)22-12-13-7-8-15(26-13)20-23-14-4-1-2-5-16(14)28-20/h1-8,11H,9-10,12H2,(H,21,25)(H,22,24). The molecule has 1 aromatic carbocycles. The third-order valence-electron chi connectivity index (χ3n) is 4.01. The van der Waals surface area contributed by atoms with Gasteiger partial charge in [0.1, 0.15) is 5.76 Å². The third kappa shape index (κ3) is 4.29. The molecule has 0 bridgehead atoms. The second kappa shape index (κ2) is 8.37. The Kier molecular flexibility index (Phi) is 5.50. The molecule has 0 aliphatic carbocycles. The fourth-order valence-corrected chi connectivity index (χ4v) is 4.19. The van der Waals surface area contributed by atoms with Crippen LogP contribution in [-0.4, -0.2) is 23.3 Å². The van der Waals surface area contributed by atoms with E-state index < -0.39 is 0 Å². The van der Waals surface area contributed by atoms with Gasteiger partial charge in [-0.1, -0.05) is 18.2 Å². The van der Waals surface area contributed by atoms with Crippen LogP contribution in [0.1, 0.15) is 21.9 Å². The average molecular weight is 412 g/mol. The molecule has 0 radical (unpaired) electrons. The number of nitrogens with one attached hydrogen (secondary N) is 2. The van der Waals surface area contributed by atoms with Gasteiger partial charge in [0.05, 0.1) is 21.6 Å². The van der Waals surface area contributed by atoms with Gasteiger partial charge in [0.2, 0.25) is 5.91 Å². The molecule has 0 atom stereocenters. The highest BCUT2D eigenvalue weighted by molar-refractivity contribution is 7.21. The van der Waals surface area contributed by atoms with Crippen molar-refractivity contribution in [2.75, 3.05) is 6.54 Å². The molecule has 0 spiro atoms. The number of hydrogen-bond donors (Lipinski definition) is 2. The second-order valence-corrected chi connectivity index (χ2v) is 7.99. The number of aromatic nitrogens is 1. The first-order valence-electron chi connectivity index (χ1n) is 8.72. The Bertz CT molecular complexity index is 1070. The lowest BCUT2D eigenvalue weighted by Crippen LogP contribution is -2.30. The van der Waals surface area contributed by atoms with E-state index in [0.29, 0.717) is 22.9 Å². The molecule has 0 unspecified atom stereocenters. The number of para-hydroxylation sites is 1. The molecule has 0 saturated carbocycles. The van der Waals surface area contributed by atoms with E-state index in [0.717, 1.165) is 15.2 Å². The number of furan rings is 1. The van der Waals surface area contributed by atoms with Crippen LogP contribution in [0.2, 0.25) is 0 Å². The van der Waals surface area contributed by atoms with Crippen molar-refractivity contribution < 1.29 is 14.0 Å². The Morgan fingerprint density at radius 2 is 1.93 bits per heavy atom. The average Bonchev–Trinajstić information content (AvgIpc) is 3.46. The van der Waals surface area contributed by atoms with Crippen molar-refractivity contribution in [2.45, 2.75) is 13.0 Å². The van der Waals surface area contributed by atoms with Crippen LogP contribution in [0, 0.1) is 0 Å².